The van der Waals surface area contributed by atoms with Crippen LogP contribution in [0.4, 0.5) is 5.69 Å². The first-order valence-electron chi connectivity index (χ1n) is 13.6. The largest absolute Gasteiger partial charge is 0.493 e. The normalized spacial score (nSPS) is 21.1. The second kappa shape index (κ2) is 12.3. The van der Waals surface area contributed by atoms with Crippen LogP contribution in [0.1, 0.15) is 43.7 Å². The highest BCUT2D eigenvalue weighted by molar-refractivity contribution is 5.98. The molecule has 3 aliphatic rings. The molecule has 2 atom stereocenters. The minimum Gasteiger partial charge on any atom is -0.493 e. The Hall–Kier alpha value is -3.58. The van der Waals surface area contributed by atoms with Crippen molar-refractivity contribution in [1.29, 1.82) is 0 Å². The molecule has 200 valence electrons. The Labute approximate surface area is 224 Å². The molecule has 38 heavy (non-hydrogen) atoms. The summed E-state index contributed by atoms with van der Waals surface area (Å²) in [4.78, 5) is 26.3. The Morgan fingerprint density at radius 3 is 2.82 bits per heavy atom. The van der Waals surface area contributed by atoms with E-state index in [1.54, 1.807) is 0 Å². The maximum Gasteiger partial charge on any atom is 0.251 e. The molecule has 5 rings (SSSR count). The minimum atomic E-state index is -0.319. The van der Waals surface area contributed by atoms with Crippen molar-refractivity contribution >= 4 is 17.5 Å². The molecule has 7 nitrogen and oxygen atoms in total. The van der Waals surface area contributed by atoms with Gasteiger partial charge in [0.2, 0.25) is 5.91 Å². The van der Waals surface area contributed by atoms with Crippen LogP contribution in [0.2, 0.25) is 0 Å². The van der Waals surface area contributed by atoms with Crippen LogP contribution < -0.4 is 15.4 Å². The van der Waals surface area contributed by atoms with Crippen molar-refractivity contribution < 1.29 is 23.8 Å². The standard InChI is InChI=1S/C31H36N2O5/c1-2-22-19-37-27(15-21-7-4-3-5-8-21)16-28(22)31(35)32-18-24-11-10-23-12-13-25(17-29(23)33-30(24)34)38-20-26-9-6-14-36-26/h3-5,7-8,12-13,16-17,24,26H,2,6,9-11,14-15,18-20H2,1H3,(H,32,35)(H,33,34). The van der Waals surface area contributed by atoms with Gasteiger partial charge in [0.15, 0.2) is 0 Å². The molecular formula is C31H36N2O5. The average molecular weight is 517 g/mol. The molecule has 0 radical (unpaired) electrons. The molecule has 2 aromatic rings. The first kappa shape index (κ1) is 26.0. The number of allylic oxidation sites excluding steroid dienone is 1. The molecule has 2 unspecified atom stereocenters. The van der Waals surface area contributed by atoms with E-state index in [0.29, 0.717) is 31.6 Å². The van der Waals surface area contributed by atoms with Crippen molar-refractivity contribution in [1.82, 2.24) is 5.32 Å². The van der Waals surface area contributed by atoms with E-state index >= 15 is 0 Å². The Morgan fingerprint density at radius 1 is 1.16 bits per heavy atom. The molecule has 2 N–H and O–H groups in total. The lowest BCUT2D eigenvalue weighted by molar-refractivity contribution is -0.120. The number of benzene rings is 2. The third kappa shape index (κ3) is 6.45. The van der Waals surface area contributed by atoms with Crippen molar-refractivity contribution in [2.24, 2.45) is 5.92 Å². The van der Waals surface area contributed by atoms with Crippen LogP contribution in [0.15, 0.2) is 71.5 Å². The van der Waals surface area contributed by atoms with Crippen molar-refractivity contribution in [3.63, 3.8) is 0 Å². The lowest BCUT2D eigenvalue weighted by atomic mass is 9.98. The van der Waals surface area contributed by atoms with Gasteiger partial charge in [-0.3, -0.25) is 9.59 Å². The van der Waals surface area contributed by atoms with Gasteiger partial charge in [-0.2, -0.15) is 0 Å². The lowest BCUT2D eigenvalue weighted by Gasteiger charge is -2.21. The van der Waals surface area contributed by atoms with Crippen molar-refractivity contribution in [3.8, 4) is 5.75 Å². The number of rotatable bonds is 9. The molecule has 0 spiro atoms. The molecule has 1 fully saturated rings. The Kier molecular flexibility index (Phi) is 8.44. The zero-order valence-electron chi connectivity index (χ0n) is 22.0. The Morgan fingerprint density at radius 2 is 2.03 bits per heavy atom. The lowest BCUT2D eigenvalue weighted by Crippen LogP contribution is -2.36. The summed E-state index contributed by atoms with van der Waals surface area (Å²) >= 11 is 0. The number of ether oxygens (including phenoxy) is 3. The van der Waals surface area contributed by atoms with Crippen LogP contribution in [0.5, 0.6) is 5.75 Å². The highest BCUT2D eigenvalue weighted by Gasteiger charge is 2.26. The zero-order chi connectivity index (χ0) is 26.3. The number of hydrogen-bond acceptors (Lipinski definition) is 5. The van der Waals surface area contributed by atoms with Gasteiger partial charge in [-0.15, -0.1) is 0 Å². The summed E-state index contributed by atoms with van der Waals surface area (Å²) in [6, 6.07) is 15.9. The van der Waals surface area contributed by atoms with Crippen LogP contribution in [-0.2, 0) is 31.9 Å². The van der Waals surface area contributed by atoms with E-state index in [4.69, 9.17) is 14.2 Å². The van der Waals surface area contributed by atoms with Crippen molar-refractivity contribution in [3.05, 3.63) is 82.6 Å². The van der Waals surface area contributed by atoms with Crippen LogP contribution in [0, 0.1) is 5.92 Å². The van der Waals surface area contributed by atoms with E-state index in [1.165, 1.54) is 0 Å². The summed E-state index contributed by atoms with van der Waals surface area (Å²) in [6.07, 6.45) is 6.86. The summed E-state index contributed by atoms with van der Waals surface area (Å²) in [5.41, 5.74) is 4.60. The molecule has 3 heterocycles. The van der Waals surface area contributed by atoms with Gasteiger partial charge in [-0.05, 0) is 60.9 Å². The van der Waals surface area contributed by atoms with Gasteiger partial charge in [-0.25, -0.2) is 0 Å². The summed E-state index contributed by atoms with van der Waals surface area (Å²) in [6.45, 7) is 4.03. The highest BCUT2D eigenvalue weighted by Crippen LogP contribution is 2.29. The van der Waals surface area contributed by atoms with Gasteiger partial charge >= 0.3 is 0 Å². The molecule has 0 bridgehead atoms. The number of amides is 2. The smallest absolute Gasteiger partial charge is 0.251 e. The summed E-state index contributed by atoms with van der Waals surface area (Å²) in [5.74, 6) is 0.940. The van der Waals surface area contributed by atoms with Gasteiger partial charge < -0.3 is 24.8 Å². The molecule has 7 heteroatoms. The predicted molar refractivity (Wildman–Crippen MR) is 146 cm³/mol. The molecule has 0 aliphatic carbocycles. The number of carbonyl (C=O) groups is 2. The van der Waals surface area contributed by atoms with E-state index in [0.717, 1.165) is 66.2 Å². The second-order valence-electron chi connectivity index (χ2n) is 10.1. The number of nitrogens with one attached hydrogen (secondary N) is 2. The maximum atomic E-state index is 13.2. The molecule has 3 aliphatic heterocycles. The SMILES string of the molecule is CCC1=C(C(=O)NCC2CCc3ccc(OCC4CCCO4)cc3NC2=O)C=C(Cc2ccccc2)OC1. The van der Waals surface area contributed by atoms with E-state index in [9.17, 15) is 9.59 Å². The quantitative estimate of drug-likeness (QED) is 0.504. The minimum absolute atomic E-state index is 0.0858. The van der Waals surface area contributed by atoms with Gasteiger partial charge in [-0.1, -0.05) is 43.3 Å². The topological polar surface area (TPSA) is 85.9 Å². The van der Waals surface area contributed by atoms with E-state index in [-0.39, 0.29) is 30.4 Å². The zero-order valence-corrected chi connectivity index (χ0v) is 22.0. The van der Waals surface area contributed by atoms with Gasteiger partial charge in [0.1, 0.15) is 24.7 Å². The van der Waals surface area contributed by atoms with E-state index in [1.807, 2.05) is 61.5 Å². The Balaban J connectivity index is 1.19. The number of anilines is 1. The van der Waals surface area contributed by atoms with Gasteiger partial charge in [0, 0.05) is 36.9 Å². The fraction of sp³-hybridized carbons (Fsp3) is 0.419. The summed E-state index contributed by atoms with van der Waals surface area (Å²) < 4.78 is 17.5. The molecule has 0 saturated carbocycles. The van der Waals surface area contributed by atoms with Crippen molar-refractivity contribution in [2.45, 2.75) is 51.6 Å². The van der Waals surface area contributed by atoms with Crippen LogP contribution in [0.25, 0.3) is 0 Å². The highest BCUT2D eigenvalue weighted by atomic mass is 16.5. The monoisotopic (exact) mass is 516 g/mol. The second-order valence-corrected chi connectivity index (χ2v) is 10.1. The summed E-state index contributed by atoms with van der Waals surface area (Å²) in [7, 11) is 0. The number of aryl methyl sites for hydroxylation is 1. The van der Waals surface area contributed by atoms with Crippen LogP contribution in [0.3, 0.4) is 0 Å². The fourth-order valence-electron chi connectivity index (χ4n) is 5.13. The van der Waals surface area contributed by atoms with Crippen LogP contribution >= 0.6 is 0 Å². The number of carbonyl (C=O) groups excluding carboxylic acids is 2. The number of fused-ring (bicyclic) bond motifs is 1. The first-order chi connectivity index (χ1) is 18.6. The molecule has 2 aromatic carbocycles. The molecular weight excluding hydrogens is 480 g/mol. The van der Waals surface area contributed by atoms with Crippen LogP contribution in [-0.4, -0.2) is 44.3 Å². The maximum absolute atomic E-state index is 13.2. The van der Waals surface area contributed by atoms with E-state index in [2.05, 4.69) is 10.6 Å². The molecule has 2 amide bonds. The summed E-state index contributed by atoms with van der Waals surface area (Å²) in [5, 5.41) is 6.08. The predicted octanol–water partition coefficient (Wildman–Crippen LogP) is 4.72. The van der Waals surface area contributed by atoms with E-state index < -0.39 is 0 Å². The van der Waals surface area contributed by atoms with Crippen molar-refractivity contribution in [2.75, 3.05) is 31.7 Å². The fourth-order valence-corrected chi connectivity index (χ4v) is 5.13. The number of hydrogen-bond donors (Lipinski definition) is 2. The molecule has 0 aromatic heterocycles. The first-order valence-corrected chi connectivity index (χ1v) is 13.6. The average Bonchev–Trinajstić information content (AvgIpc) is 3.41. The van der Waals surface area contributed by atoms with Gasteiger partial charge in [0.25, 0.3) is 5.91 Å². The molecule has 1 saturated heterocycles. The third-order valence-electron chi connectivity index (χ3n) is 7.45. The van der Waals surface area contributed by atoms with Gasteiger partial charge in [0.05, 0.1) is 12.0 Å². The Bertz CT molecular complexity index is 1210. The third-order valence-corrected chi connectivity index (χ3v) is 7.45.